The molecule has 0 aliphatic carbocycles. The predicted octanol–water partition coefficient (Wildman–Crippen LogP) is 3.82. The van der Waals surface area contributed by atoms with Gasteiger partial charge in [0.1, 0.15) is 0 Å². The van der Waals surface area contributed by atoms with E-state index in [4.69, 9.17) is 0 Å². The highest BCUT2D eigenvalue weighted by Gasteiger charge is 2.01. The minimum Gasteiger partial charge on any atom is -0.337 e. The average Bonchev–Trinajstić information content (AvgIpc) is 2.74. The van der Waals surface area contributed by atoms with E-state index >= 15 is 0 Å². The highest BCUT2D eigenvalue weighted by atomic mass is 16.2. The Morgan fingerprint density at radius 2 is 0.967 bits per heavy atom. The fourth-order valence-corrected chi connectivity index (χ4v) is 2.63. The number of amides is 4. The molecule has 30 heavy (non-hydrogen) atoms. The number of hydrogen-bond donors (Lipinski definition) is 6. The lowest BCUT2D eigenvalue weighted by Crippen LogP contribution is -2.39. The molecule has 8 heteroatoms. The number of unbranched alkanes of at least 4 members (excludes halogenated alkanes) is 3. The first-order valence-corrected chi connectivity index (χ1v) is 10.3. The van der Waals surface area contributed by atoms with Crippen LogP contribution in [0.3, 0.4) is 0 Å². The van der Waals surface area contributed by atoms with Gasteiger partial charge in [-0.05, 0) is 51.0 Å². The number of carbonyl (C=O) groups is 2. The normalized spacial score (nSPS) is 10.1. The van der Waals surface area contributed by atoms with Gasteiger partial charge in [-0.1, -0.05) is 48.2 Å². The molecule has 0 bridgehead atoms. The van der Waals surface area contributed by atoms with Gasteiger partial charge in [0.05, 0.1) is 11.4 Å². The van der Waals surface area contributed by atoms with Crippen molar-refractivity contribution in [3.63, 3.8) is 0 Å². The highest BCUT2D eigenvalue weighted by molar-refractivity contribution is 5.75. The summed E-state index contributed by atoms with van der Waals surface area (Å²) in [4.78, 5) is 23.5. The molecular weight excluding hydrogens is 380 g/mol. The molecule has 0 aliphatic rings. The lowest BCUT2D eigenvalue weighted by molar-refractivity contribution is 0.241. The number of hydrogen-bond acceptors (Lipinski definition) is 4. The van der Waals surface area contributed by atoms with Crippen molar-refractivity contribution in [1.29, 1.82) is 0 Å². The van der Waals surface area contributed by atoms with Crippen LogP contribution in [-0.4, -0.2) is 25.2 Å². The Bertz CT molecular complexity index is 710. The molecule has 0 fully saturated rings. The van der Waals surface area contributed by atoms with E-state index < -0.39 is 0 Å². The van der Waals surface area contributed by atoms with Crippen molar-refractivity contribution in [3.8, 4) is 0 Å². The number of hydrazine groups is 2. The first-order chi connectivity index (χ1) is 14.5. The second-order valence-electron chi connectivity index (χ2n) is 7.16. The van der Waals surface area contributed by atoms with E-state index in [-0.39, 0.29) is 12.1 Å². The Balaban J connectivity index is 1.41. The molecule has 0 heterocycles. The first-order valence-electron chi connectivity index (χ1n) is 10.3. The molecule has 0 radical (unpaired) electrons. The zero-order chi connectivity index (χ0) is 21.6. The minimum absolute atomic E-state index is 0.255. The van der Waals surface area contributed by atoms with Gasteiger partial charge in [-0.3, -0.25) is 21.7 Å². The minimum atomic E-state index is -0.255. The fraction of sp³-hybridized carbons (Fsp3) is 0.364. The van der Waals surface area contributed by atoms with Crippen molar-refractivity contribution in [1.82, 2.24) is 21.5 Å². The van der Waals surface area contributed by atoms with Crippen LogP contribution >= 0.6 is 0 Å². The van der Waals surface area contributed by atoms with Crippen molar-refractivity contribution in [2.24, 2.45) is 0 Å². The average molecular weight is 413 g/mol. The Morgan fingerprint density at radius 3 is 1.33 bits per heavy atom. The SMILES string of the molecule is Cc1ccc(NNC(=O)NCCCCCCNC(=O)NNc2ccc(C)cc2)cc1. The molecule has 6 N–H and O–H groups in total. The van der Waals surface area contributed by atoms with E-state index in [1.807, 2.05) is 62.4 Å². The molecule has 0 atom stereocenters. The number of rotatable bonds is 11. The van der Waals surface area contributed by atoms with Crippen LogP contribution in [0.4, 0.5) is 21.0 Å². The van der Waals surface area contributed by atoms with Crippen LogP contribution < -0.4 is 32.3 Å². The van der Waals surface area contributed by atoms with Crippen LogP contribution in [0.2, 0.25) is 0 Å². The summed E-state index contributed by atoms with van der Waals surface area (Å²) in [5.74, 6) is 0. The number of urea groups is 2. The molecule has 2 rings (SSSR count). The summed E-state index contributed by atoms with van der Waals surface area (Å²) in [5, 5.41) is 5.62. The van der Waals surface area contributed by atoms with E-state index in [0.29, 0.717) is 13.1 Å². The summed E-state index contributed by atoms with van der Waals surface area (Å²) < 4.78 is 0. The topological polar surface area (TPSA) is 106 Å². The van der Waals surface area contributed by atoms with Crippen LogP contribution in [-0.2, 0) is 0 Å². The lowest BCUT2D eigenvalue weighted by atomic mass is 10.2. The zero-order valence-corrected chi connectivity index (χ0v) is 17.7. The Morgan fingerprint density at radius 1 is 0.600 bits per heavy atom. The number of aryl methyl sites for hydroxylation is 2. The molecule has 0 saturated carbocycles. The predicted molar refractivity (Wildman–Crippen MR) is 121 cm³/mol. The van der Waals surface area contributed by atoms with Gasteiger partial charge in [0.25, 0.3) is 0 Å². The fourth-order valence-electron chi connectivity index (χ4n) is 2.63. The monoisotopic (exact) mass is 412 g/mol. The number of nitrogens with one attached hydrogen (secondary N) is 6. The van der Waals surface area contributed by atoms with Crippen molar-refractivity contribution in [2.45, 2.75) is 39.5 Å². The summed E-state index contributed by atoms with van der Waals surface area (Å²) in [6.07, 6.45) is 3.74. The third-order valence-corrected chi connectivity index (χ3v) is 4.42. The smallest absolute Gasteiger partial charge is 0.333 e. The molecule has 162 valence electrons. The van der Waals surface area contributed by atoms with Gasteiger partial charge in [0, 0.05) is 13.1 Å². The number of carbonyl (C=O) groups excluding carboxylic acids is 2. The van der Waals surface area contributed by atoms with Crippen LogP contribution in [0.25, 0.3) is 0 Å². The van der Waals surface area contributed by atoms with Gasteiger partial charge >= 0.3 is 12.1 Å². The quantitative estimate of drug-likeness (QED) is 0.249. The Labute approximate surface area is 178 Å². The van der Waals surface area contributed by atoms with E-state index in [0.717, 1.165) is 37.1 Å². The summed E-state index contributed by atoms with van der Waals surface area (Å²) in [5.41, 5.74) is 14.9. The van der Waals surface area contributed by atoms with Crippen LogP contribution in [0.5, 0.6) is 0 Å². The van der Waals surface area contributed by atoms with Crippen molar-refractivity contribution >= 4 is 23.4 Å². The third-order valence-electron chi connectivity index (χ3n) is 4.42. The molecule has 8 nitrogen and oxygen atoms in total. The van der Waals surface area contributed by atoms with Crippen LogP contribution in [0.15, 0.2) is 48.5 Å². The van der Waals surface area contributed by atoms with Crippen molar-refractivity contribution in [2.75, 3.05) is 23.9 Å². The maximum Gasteiger partial charge on any atom is 0.333 e. The van der Waals surface area contributed by atoms with Crippen molar-refractivity contribution < 1.29 is 9.59 Å². The second-order valence-corrected chi connectivity index (χ2v) is 7.16. The molecule has 0 unspecified atom stereocenters. The molecular formula is C22H32N6O2. The molecule has 0 spiro atoms. The molecule has 2 aromatic carbocycles. The molecule has 2 aromatic rings. The lowest BCUT2D eigenvalue weighted by Gasteiger charge is -2.11. The zero-order valence-electron chi connectivity index (χ0n) is 17.7. The maximum absolute atomic E-state index is 11.7. The van der Waals surface area contributed by atoms with Crippen LogP contribution in [0, 0.1) is 13.8 Å². The molecule has 0 aromatic heterocycles. The third kappa shape index (κ3) is 9.68. The van der Waals surface area contributed by atoms with Gasteiger partial charge in [-0.15, -0.1) is 0 Å². The van der Waals surface area contributed by atoms with Gasteiger partial charge in [0.2, 0.25) is 0 Å². The maximum atomic E-state index is 11.7. The number of anilines is 2. The van der Waals surface area contributed by atoms with E-state index in [1.54, 1.807) is 0 Å². The standard InChI is InChI=1S/C22H32N6O2/c1-17-7-11-19(12-8-17)25-27-21(29)23-15-5-3-4-6-16-24-22(30)28-26-20-13-9-18(2)10-14-20/h7-14,25-26H,3-6,15-16H2,1-2H3,(H2,23,27,29)(H2,24,28,30). The second kappa shape index (κ2) is 12.9. The Hall–Kier alpha value is -3.42. The Kier molecular flexibility index (Phi) is 9.85. The summed E-state index contributed by atoms with van der Waals surface area (Å²) in [6, 6.07) is 15.0. The van der Waals surface area contributed by atoms with Gasteiger partial charge < -0.3 is 10.6 Å². The molecule has 0 saturated heterocycles. The van der Waals surface area contributed by atoms with E-state index in [1.165, 1.54) is 11.1 Å². The summed E-state index contributed by atoms with van der Waals surface area (Å²) in [7, 11) is 0. The molecule has 4 amide bonds. The molecule has 0 aliphatic heterocycles. The van der Waals surface area contributed by atoms with Gasteiger partial charge in [-0.25, -0.2) is 9.59 Å². The first kappa shape index (κ1) is 22.9. The van der Waals surface area contributed by atoms with Gasteiger partial charge in [0.15, 0.2) is 0 Å². The number of benzene rings is 2. The summed E-state index contributed by atoms with van der Waals surface area (Å²) >= 11 is 0. The van der Waals surface area contributed by atoms with E-state index in [2.05, 4.69) is 32.3 Å². The van der Waals surface area contributed by atoms with Crippen molar-refractivity contribution in [3.05, 3.63) is 59.7 Å². The van der Waals surface area contributed by atoms with E-state index in [9.17, 15) is 9.59 Å². The summed E-state index contributed by atoms with van der Waals surface area (Å²) in [6.45, 7) is 5.24. The highest BCUT2D eigenvalue weighted by Crippen LogP contribution is 2.07. The van der Waals surface area contributed by atoms with Gasteiger partial charge in [-0.2, -0.15) is 0 Å². The van der Waals surface area contributed by atoms with Crippen LogP contribution in [0.1, 0.15) is 36.8 Å². The largest absolute Gasteiger partial charge is 0.337 e.